The van der Waals surface area contributed by atoms with Gasteiger partial charge in [-0.3, -0.25) is 4.98 Å². The molecule has 2 aromatic rings. The SMILES string of the molecule is Cc1ccc(C(Br)Cc2ccncc2Cl)o1. The maximum atomic E-state index is 6.05. The van der Waals surface area contributed by atoms with E-state index >= 15 is 0 Å². The van der Waals surface area contributed by atoms with Gasteiger partial charge >= 0.3 is 0 Å². The fourth-order valence-electron chi connectivity index (χ4n) is 1.48. The summed E-state index contributed by atoms with van der Waals surface area (Å²) >= 11 is 9.64. The normalized spacial score (nSPS) is 12.7. The molecule has 0 aliphatic heterocycles. The van der Waals surface area contributed by atoms with Gasteiger partial charge in [0, 0.05) is 12.4 Å². The minimum absolute atomic E-state index is 0.140. The van der Waals surface area contributed by atoms with Crippen LogP contribution in [0, 0.1) is 6.92 Å². The number of hydrogen-bond acceptors (Lipinski definition) is 2. The predicted octanol–water partition coefficient (Wildman–Crippen LogP) is 4.32. The van der Waals surface area contributed by atoms with Crippen LogP contribution in [-0.2, 0) is 6.42 Å². The van der Waals surface area contributed by atoms with Crippen molar-refractivity contribution in [3.05, 3.63) is 52.7 Å². The van der Waals surface area contributed by atoms with Crippen LogP contribution >= 0.6 is 27.5 Å². The quantitative estimate of drug-likeness (QED) is 0.789. The highest BCUT2D eigenvalue weighted by molar-refractivity contribution is 9.09. The molecule has 1 unspecified atom stereocenters. The van der Waals surface area contributed by atoms with Gasteiger partial charge in [-0.1, -0.05) is 27.5 Å². The predicted molar refractivity (Wildman–Crippen MR) is 68.1 cm³/mol. The van der Waals surface area contributed by atoms with Gasteiger partial charge < -0.3 is 4.42 Å². The fourth-order valence-corrected chi connectivity index (χ4v) is 2.28. The summed E-state index contributed by atoms with van der Waals surface area (Å²) in [5.41, 5.74) is 1.06. The first-order valence-corrected chi connectivity index (χ1v) is 6.25. The first-order chi connectivity index (χ1) is 7.66. The van der Waals surface area contributed by atoms with Gasteiger partial charge in [0.2, 0.25) is 0 Å². The zero-order valence-electron chi connectivity index (χ0n) is 8.78. The van der Waals surface area contributed by atoms with Crippen molar-refractivity contribution in [2.45, 2.75) is 18.2 Å². The Hall–Kier alpha value is -0.800. The number of pyridine rings is 1. The van der Waals surface area contributed by atoms with Gasteiger partial charge in [0.05, 0.1) is 9.85 Å². The summed E-state index contributed by atoms with van der Waals surface area (Å²) in [6, 6.07) is 5.86. The third kappa shape index (κ3) is 2.66. The van der Waals surface area contributed by atoms with Crippen molar-refractivity contribution in [1.29, 1.82) is 0 Å². The van der Waals surface area contributed by atoms with E-state index in [0.29, 0.717) is 5.02 Å². The summed E-state index contributed by atoms with van der Waals surface area (Å²) in [5, 5.41) is 0.690. The highest BCUT2D eigenvalue weighted by Crippen LogP contribution is 2.30. The van der Waals surface area contributed by atoms with Crippen molar-refractivity contribution in [1.82, 2.24) is 4.98 Å². The Morgan fingerprint density at radius 3 is 2.88 bits per heavy atom. The van der Waals surface area contributed by atoms with Gasteiger partial charge in [-0.25, -0.2) is 0 Å². The van der Waals surface area contributed by atoms with Crippen molar-refractivity contribution in [2.75, 3.05) is 0 Å². The van der Waals surface area contributed by atoms with Gasteiger partial charge in [-0.2, -0.15) is 0 Å². The topological polar surface area (TPSA) is 26.0 Å². The van der Waals surface area contributed by atoms with E-state index in [1.165, 1.54) is 0 Å². The molecule has 0 radical (unpaired) electrons. The van der Waals surface area contributed by atoms with E-state index in [1.807, 2.05) is 25.1 Å². The Morgan fingerprint density at radius 1 is 1.44 bits per heavy atom. The molecule has 2 nitrogen and oxygen atoms in total. The van der Waals surface area contributed by atoms with Crippen LogP contribution in [0.5, 0.6) is 0 Å². The van der Waals surface area contributed by atoms with Crippen molar-refractivity contribution in [3.63, 3.8) is 0 Å². The molecule has 0 saturated heterocycles. The lowest BCUT2D eigenvalue weighted by atomic mass is 10.1. The standard InChI is InChI=1S/C12H11BrClNO/c1-8-2-3-12(16-8)10(13)6-9-4-5-15-7-11(9)14/h2-5,7,10H,6H2,1H3. The molecule has 0 aromatic carbocycles. The molecule has 2 aromatic heterocycles. The van der Waals surface area contributed by atoms with Gasteiger partial charge in [-0.05, 0) is 37.1 Å². The average Bonchev–Trinajstić information content (AvgIpc) is 2.68. The third-order valence-electron chi connectivity index (χ3n) is 2.33. The smallest absolute Gasteiger partial charge is 0.118 e. The summed E-state index contributed by atoms with van der Waals surface area (Å²) in [6.07, 6.45) is 4.19. The summed E-state index contributed by atoms with van der Waals surface area (Å²) in [6.45, 7) is 1.93. The molecular formula is C12H11BrClNO. The van der Waals surface area contributed by atoms with E-state index in [4.69, 9.17) is 16.0 Å². The molecule has 2 rings (SSSR count). The molecule has 84 valence electrons. The third-order valence-corrected chi connectivity index (χ3v) is 3.44. The summed E-state index contributed by atoms with van der Waals surface area (Å²) < 4.78 is 5.55. The molecule has 16 heavy (non-hydrogen) atoms. The zero-order chi connectivity index (χ0) is 11.5. The van der Waals surface area contributed by atoms with Gasteiger partial charge in [0.1, 0.15) is 11.5 Å². The van der Waals surface area contributed by atoms with E-state index in [0.717, 1.165) is 23.5 Å². The molecule has 0 N–H and O–H groups in total. The first-order valence-electron chi connectivity index (χ1n) is 4.95. The van der Waals surface area contributed by atoms with E-state index < -0.39 is 0 Å². The van der Waals surface area contributed by atoms with Crippen LogP contribution in [0.1, 0.15) is 21.9 Å². The maximum absolute atomic E-state index is 6.05. The molecule has 2 heterocycles. The monoisotopic (exact) mass is 299 g/mol. The molecule has 0 spiro atoms. The number of aryl methyl sites for hydroxylation is 1. The molecule has 0 fully saturated rings. The minimum atomic E-state index is 0.140. The minimum Gasteiger partial charge on any atom is -0.465 e. The fraction of sp³-hybridized carbons (Fsp3) is 0.250. The van der Waals surface area contributed by atoms with Crippen LogP contribution < -0.4 is 0 Å². The van der Waals surface area contributed by atoms with E-state index in [9.17, 15) is 0 Å². The molecule has 0 bridgehead atoms. The summed E-state index contributed by atoms with van der Waals surface area (Å²) in [7, 11) is 0. The van der Waals surface area contributed by atoms with Crippen LogP contribution in [0.15, 0.2) is 35.0 Å². The highest BCUT2D eigenvalue weighted by atomic mass is 79.9. The number of halogens is 2. The molecule has 0 amide bonds. The van der Waals surface area contributed by atoms with Crippen molar-refractivity contribution >= 4 is 27.5 Å². The number of rotatable bonds is 3. The van der Waals surface area contributed by atoms with Crippen LogP contribution in [0.4, 0.5) is 0 Å². The maximum Gasteiger partial charge on any atom is 0.118 e. The number of alkyl halides is 1. The number of nitrogens with zero attached hydrogens (tertiary/aromatic N) is 1. The van der Waals surface area contributed by atoms with Crippen LogP contribution in [0.25, 0.3) is 0 Å². The van der Waals surface area contributed by atoms with Gasteiger partial charge in [0.25, 0.3) is 0 Å². The Kier molecular flexibility index (Phi) is 3.66. The largest absolute Gasteiger partial charge is 0.465 e. The highest BCUT2D eigenvalue weighted by Gasteiger charge is 2.13. The second kappa shape index (κ2) is 5.02. The molecule has 0 aliphatic rings. The first kappa shape index (κ1) is 11.7. The van der Waals surface area contributed by atoms with Gasteiger partial charge in [-0.15, -0.1) is 0 Å². The van der Waals surface area contributed by atoms with E-state index in [-0.39, 0.29) is 4.83 Å². The molecule has 4 heteroatoms. The second-order valence-electron chi connectivity index (χ2n) is 3.59. The Bertz CT molecular complexity index is 483. The number of furan rings is 1. The summed E-state index contributed by atoms with van der Waals surface area (Å²) in [4.78, 5) is 4.10. The van der Waals surface area contributed by atoms with Crippen LogP contribution in [0.3, 0.4) is 0 Å². The molecule has 1 atom stereocenters. The van der Waals surface area contributed by atoms with Crippen molar-refractivity contribution in [2.24, 2.45) is 0 Å². The zero-order valence-corrected chi connectivity index (χ0v) is 11.1. The molecule has 0 aliphatic carbocycles. The van der Waals surface area contributed by atoms with Crippen LogP contribution in [-0.4, -0.2) is 4.98 Å². The lowest BCUT2D eigenvalue weighted by molar-refractivity contribution is 0.481. The molecule has 0 saturated carbocycles. The Morgan fingerprint density at radius 2 is 2.25 bits per heavy atom. The lowest BCUT2D eigenvalue weighted by Crippen LogP contribution is -1.95. The Balaban J connectivity index is 2.13. The second-order valence-corrected chi connectivity index (χ2v) is 5.10. The Labute approximate surface area is 108 Å². The van der Waals surface area contributed by atoms with Crippen molar-refractivity contribution < 1.29 is 4.42 Å². The number of aromatic nitrogens is 1. The van der Waals surface area contributed by atoms with E-state index in [2.05, 4.69) is 20.9 Å². The van der Waals surface area contributed by atoms with Crippen molar-refractivity contribution in [3.8, 4) is 0 Å². The lowest BCUT2D eigenvalue weighted by Gasteiger charge is -2.08. The average molecular weight is 301 g/mol. The summed E-state index contributed by atoms with van der Waals surface area (Å²) in [5.74, 6) is 1.84. The van der Waals surface area contributed by atoms with E-state index in [1.54, 1.807) is 12.4 Å². The number of hydrogen-bond donors (Lipinski definition) is 0. The van der Waals surface area contributed by atoms with Gasteiger partial charge in [0.15, 0.2) is 0 Å². The molecular weight excluding hydrogens is 289 g/mol. The van der Waals surface area contributed by atoms with Crippen LogP contribution in [0.2, 0.25) is 5.02 Å².